The van der Waals surface area contributed by atoms with Crippen LogP contribution in [-0.2, 0) is 38.7 Å². The van der Waals surface area contributed by atoms with E-state index in [0.717, 1.165) is 34.2 Å². The maximum absolute atomic E-state index is 13.6. The molecule has 1 atom stereocenters. The molecule has 3 aromatic carbocycles. The van der Waals surface area contributed by atoms with E-state index in [9.17, 15) is 27.9 Å². The number of hydrogen-bond acceptors (Lipinski definition) is 5. The molecule has 1 N–H and O–H groups in total. The van der Waals surface area contributed by atoms with E-state index in [1.807, 2.05) is 35.2 Å². The summed E-state index contributed by atoms with van der Waals surface area (Å²) >= 11 is 0. The van der Waals surface area contributed by atoms with E-state index >= 15 is 0 Å². The summed E-state index contributed by atoms with van der Waals surface area (Å²) in [5, 5.41) is 10.7. The first-order valence-corrected chi connectivity index (χ1v) is 13.1. The fourth-order valence-corrected chi connectivity index (χ4v) is 5.29. The summed E-state index contributed by atoms with van der Waals surface area (Å²) in [6.45, 7) is 1.35. The van der Waals surface area contributed by atoms with Gasteiger partial charge in [0.05, 0.1) is 36.2 Å². The second-order valence-corrected chi connectivity index (χ2v) is 10.1. The fourth-order valence-electron chi connectivity index (χ4n) is 5.29. The Hall–Kier alpha value is -3.89. The van der Waals surface area contributed by atoms with Crippen LogP contribution in [0.3, 0.4) is 0 Å². The first-order chi connectivity index (χ1) is 19.1. The van der Waals surface area contributed by atoms with Crippen molar-refractivity contribution in [3.63, 3.8) is 0 Å². The van der Waals surface area contributed by atoms with Crippen LogP contribution in [-0.4, -0.2) is 45.4 Å². The zero-order valence-corrected chi connectivity index (χ0v) is 22.0. The third kappa shape index (κ3) is 5.83. The Bertz CT molecular complexity index is 1630. The van der Waals surface area contributed by atoms with Crippen LogP contribution < -0.4 is 16.0 Å². The highest BCUT2D eigenvalue weighted by atomic mass is 19.4. The molecule has 1 aliphatic heterocycles. The number of aryl methyl sites for hydroxylation is 2. The van der Waals surface area contributed by atoms with Crippen LogP contribution in [0, 0.1) is 0 Å². The number of halogens is 3. The molecule has 0 radical (unpaired) electrons. The van der Waals surface area contributed by atoms with Crippen molar-refractivity contribution in [1.29, 1.82) is 0 Å². The highest BCUT2D eigenvalue weighted by Crippen LogP contribution is 2.30. The van der Waals surface area contributed by atoms with Gasteiger partial charge in [0.25, 0.3) is 5.56 Å². The van der Waals surface area contributed by atoms with Crippen molar-refractivity contribution >= 4 is 10.9 Å². The third-order valence-electron chi connectivity index (χ3n) is 7.41. The van der Waals surface area contributed by atoms with Crippen molar-refractivity contribution in [2.45, 2.75) is 44.8 Å². The second kappa shape index (κ2) is 11.3. The molecule has 1 aromatic heterocycles. The Morgan fingerprint density at radius 2 is 1.68 bits per heavy atom. The van der Waals surface area contributed by atoms with Crippen LogP contribution in [0.2, 0.25) is 0 Å². The van der Waals surface area contributed by atoms with Gasteiger partial charge in [-0.1, -0.05) is 36.4 Å². The molecule has 0 bridgehead atoms. The predicted molar refractivity (Wildman–Crippen MR) is 146 cm³/mol. The number of β-amino-alcohol motifs (C(OH)–C–C–N with tert-alkyl or cyclic N) is 1. The summed E-state index contributed by atoms with van der Waals surface area (Å²) in [5.74, 6) is 0.672. The lowest BCUT2D eigenvalue weighted by Crippen LogP contribution is -2.45. The number of methoxy groups -OCH3 is 1. The molecule has 2 heterocycles. The molecule has 5 rings (SSSR count). The molecule has 10 heteroatoms. The fraction of sp³-hybridized carbons (Fsp3) is 0.333. The number of aliphatic hydroxyl groups is 1. The summed E-state index contributed by atoms with van der Waals surface area (Å²) < 4.78 is 47.8. The lowest BCUT2D eigenvalue weighted by molar-refractivity contribution is -0.137. The van der Waals surface area contributed by atoms with E-state index in [1.165, 1.54) is 16.2 Å². The van der Waals surface area contributed by atoms with Gasteiger partial charge in [-0.05, 0) is 59.9 Å². The minimum absolute atomic E-state index is 0.120. The molecule has 0 fully saturated rings. The van der Waals surface area contributed by atoms with Crippen molar-refractivity contribution in [2.75, 3.05) is 20.2 Å². The lowest BCUT2D eigenvalue weighted by atomic mass is 10.00. The van der Waals surface area contributed by atoms with Gasteiger partial charge in [0, 0.05) is 26.2 Å². The number of benzene rings is 3. The maximum Gasteiger partial charge on any atom is 0.416 e. The molecule has 0 aliphatic carbocycles. The van der Waals surface area contributed by atoms with E-state index in [4.69, 9.17) is 4.74 Å². The van der Waals surface area contributed by atoms with Gasteiger partial charge < -0.3 is 9.84 Å². The SMILES string of the molecule is COc1ccc(CCn2c(=O)n(CC(O)CN3CCc4ccccc4C3)c(=O)c3cc(C(F)(F)F)ccc32)cc1. The minimum Gasteiger partial charge on any atom is -0.497 e. The van der Waals surface area contributed by atoms with E-state index in [1.54, 1.807) is 19.2 Å². The zero-order valence-electron chi connectivity index (χ0n) is 22.0. The summed E-state index contributed by atoms with van der Waals surface area (Å²) in [4.78, 5) is 29.0. The molecule has 1 aliphatic rings. The van der Waals surface area contributed by atoms with Crippen LogP contribution in [0.4, 0.5) is 13.2 Å². The molecule has 210 valence electrons. The van der Waals surface area contributed by atoms with Crippen molar-refractivity contribution in [3.8, 4) is 5.75 Å². The number of nitrogens with zero attached hydrogens (tertiary/aromatic N) is 3. The van der Waals surface area contributed by atoms with Crippen LogP contribution >= 0.6 is 0 Å². The molecule has 40 heavy (non-hydrogen) atoms. The Morgan fingerprint density at radius 1 is 0.950 bits per heavy atom. The predicted octanol–water partition coefficient (Wildman–Crippen LogP) is 3.85. The Morgan fingerprint density at radius 3 is 2.38 bits per heavy atom. The van der Waals surface area contributed by atoms with Gasteiger partial charge in [0.15, 0.2) is 0 Å². The van der Waals surface area contributed by atoms with Crippen molar-refractivity contribution in [2.24, 2.45) is 0 Å². The highest BCUT2D eigenvalue weighted by molar-refractivity contribution is 5.79. The Balaban J connectivity index is 1.46. The molecular formula is C30H30F3N3O4. The molecule has 0 amide bonds. The van der Waals surface area contributed by atoms with Gasteiger partial charge in [-0.25, -0.2) is 4.79 Å². The second-order valence-electron chi connectivity index (χ2n) is 10.1. The topological polar surface area (TPSA) is 76.7 Å². The molecule has 7 nitrogen and oxygen atoms in total. The Labute approximate surface area is 228 Å². The lowest BCUT2D eigenvalue weighted by Gasteiger charge is -2.30. The number of ether oxygens (including phenoxy) is 1. The highest BCUT2D eigenvalue weighted by Gasteiger charge is 2.31. The molecule has 0 saturated carbocycles. The molecule has 1 unspecified atom stereocenters. The number of hydrogen-bond donors (Lipinski definition) is 1. The van der Waals surface area contributed by atoms with Crippen LogP contribution in [0.25, 0.3) is 10.9 Å². The molecule has 0 spiro atoms. The van der Waals surface area contributed by atoms with Gasteiger partial charge in [0.2, 0.25) is 0 Å². The number of alkyl halides is 3. The minimum atomic E-state index is -4.65. The number of rotatable bonds is 8. The van der Waals surface area contributed by atoms with Gasteiger partial charge in [-0.15, -0.1) is 0 Å². The van der Waals surface area contributed by atoms with Crippen LogP contribution in [0.15, 0.2) is 76.3 Å². The number of aromatic nitrogens is 2. The Kier molecular flexibility index (Phi) is 7.82. The molecule has 0 saturated heterocycles. The number of aliphatic hydroxyl groups excluding tert-OH is 1. The number of fused-ring (bicyclic) bond motifs is 2. The van der Waals surface area contributed by atoms with E-state index in [0.29, 0.717) is 25.3 Å². The van der Waals surface area contributed by atoms with Crippen LogP contribution in [0.5, 0.6) is 5.75 Å². The average Bonchev–Trinajstić information content (AvgIpc) is 2.94. The molecular weight excluding hydrogens is 523 g/mol. The normalized spacial score (nSPS) is 14.7. The molecule has 4 aromatic rings. The van der Waals surface area contributed by atoms with Crippen LogP contribution in [0.1, 0.15) is 22.3 Å². The summed E-state index contributed by atoms with van der Waals surface area (Å²) in [7, 11) is 1.55. The van der Waals surface area contributed by atoms with E-state index < -0.39 is 29.1 Å². The standard InChI is InChI=1S/C30H30F3N3O4/c1-40-25-9-6-20(7-10-25)12-15-35-27-11-8-23(30(31,32)33)16-26(27)28(38)36(29(35)39)19-24(37)18-34-14-13-21-4-2-3-5-22(21)17-34/h2-11,16,24,37H,12-15,17-19H2,1H3. The largest absolute Gasteiger partial charge is 0.497 e. The van der Waals surface area contributed by atoms with Gasteiger partial charge >= 0.3 is 11.9 Å². The van der Waals surface area contributed by atoms with E-state index in [2.05, 4.69) is 6.07 Å². The van der Waals surface area contributed by atoms with E-state index in [-0.39, 0.29) is 30.5 Å². The first-order valence-electron chi connectivity index (χ1n) is 13.1. The maximum atomic E-state index is 13.6. The third-order valence-corrected chi connectivity index (χ3v) is 7.41. The monoisotopic (exact) mass is 553 g/mol. The average molecular weight is 554 g/mol. The van der Waals surface area contributed by atoms with Gasteiger partial charge in [-0.2, -0.15) is 13.2 Å². The van der Waals surface area contributed by atoms with Crippen molar-refractivity contribution < 1.29 is 23.0 Å². The summed E-state index contributed by atoms with van der Waals surface area (Å²) in [6.07, 6.45) is -4.51. The van der Waals surface area contributed by atoms with Crippen molar-refractivity contribution in [3.05, 3.63) is 110 Å². The smallest absolute Gasteiger partial charge is 0.416 e. The summed E-state index contributed by atoms with van der Waals surface area (Å²) in [5.41, 5.74) is 0.912. The summed E-state index contributed by atoms with van der Waals surface area (Å²) in [6, 6.07) is 18.1. The quantitative estimate of drug-likeness (QED) is 0.359. The first kappa shape index (κ1) is 27.7. The van der Waals surface area contributed by atoms with Gasteiger partial charge in [0.1, 0.15) is 5.75 Å². The zero-order chi connectivity index (χ0) is 28.4. The van der Waals surface area contributed by atoms with Gasteiger partial charge in [-0.3, -0.25) is 18.8 Å². The van der Waals surface area contributed by atoms with Crippen molar-refractivity contribution in [1.82, 2.24) is 14.0 Å².